The van der Waals surface area contributed by atoms with E-state index >= 15 is 0 Å². The molecule has 1 heterocycles. The van der Waals surface area contributed by atoms with Gasteiger partial charge in [0, 0.05) is 0 Å². The Morgan fingerprint density at radius 3 is 2.58 bits per heavy atom. The molecule has 0 bridgehead atoms. The van der Waals surface area contributed by atoms with Crippen LogP contribution in [-0.4, -0.2) is 11.9 Å². The van der Waals surface area contributed by atoms with Crippen LogP contribution in [0.15, 0.2) is 0 Å². The van der Waals surface area contributed by atoms with Crippen molar-refractivity contribution in [3.63, 3.8) is 0 Å². The molecule has 0 aromatic rings. The molecule has 12 heavy (non-hydrogen) atoms. The van der Waals surface area contributed by atoms with Gasteiger partial charge in [0.2, 0.25) is 0 Å². The highest BCUT2D eigenvalue weighted by molar-refractivity contribution is 5.96. The number of cyclic esters (lactones) is 2. The smallest absolute Gasteiger partial charge is 0.317 e. The SMILES string of the molecule is C[C@@H]1CC[C@H]2C(=O)OC(=O)[C@H]2C1. The molecular formula is C9H12O3. The minimum Gasteiger partial charge on any atom is -0.393 e. The standard InChI is InChI=1S/C9H12O3/c1-5-2-3-6-7(4-5)9(11)12-8(6)10/h5-7H,2-4H2,1H3/t5-,6-,7+/m1/s1. The minimum atomic E-state index is -0.295. The van der Waals surface area contributed by atoms with Crippen LogP contribution in [-0.2, 0) is 14.3 Å². The molecule has 0 N–H and O–H groups in total. The maximum absolute atomic E-state index is 11.1. The molecule has 3 heteroatoms. The lowest BCUT2D eigenvalue weighted by atomic mass is 9.76. The van der Waals surface area contributed by atoms with Gasteiger partial charge in [-0.3, -0.25) is 9.59 Å². The second kappa shape index (κ2) is 2.57. The number of rotatable bonds is 0. The summed E-state index contributed by atoms with van der Waals surface area (Å²) in [5.41, 5.74) is 0. The molecule has 1 aliphatic heterocycles. The Hall–Kier alpha value is -0.860. The third-order valence-electron chi connectivity index (χ3n) is 2.92. The molecule has 0 unspecified atom stereocenters. The van der Waals surface area contributed by atoms with E-state index < -0.39 is 0 Å². The van der Waals surface area contributed by atoms with E-state index in [1.807, 2.05) is 0 Å². The van der Waals surface area contributed by atoms with E-state index in [2.05, 4.69) is 11.7 Å². The summed E-state index contributed by atoms with van der Waals surface area (Å²) in [6.07, 6.45) is 2.70. The third-order valence-corrected chi connectivity index (χ3v) is 2.92. The van der Waals surface area contributed by atoms with Gasteiger partial charge >= 0.3 is 11.9 Å². The lowest BCUT2D eigenvalue weighted by Crippen LogP contribution is -2.25. The average molecular weight is 168 g/mol. The Balaban J connectivity index is 2.17. The molecule has 0 spiro atoms. The van der Waals surface area contributed by atoms with Crippen LogP contribution in [0.25, 0.3) is 0 Å². The van der Waals surface area contributed by atoms with Gasteiger partial charge in [0.25, 0.3) is 0 Å². The molecule has 66 valence electrons. The molecule has 1 saturated heterocycles. The van der Waals surface area contributed by atoms with Crippen LogP contribution in [0.2, 0.25) is 0 Å². The van der Waals surface area contributed by atoms with E-state index in [9.17, 15) is 9.59 Å². The van der Waals surface area contributed by atoms with Crippen molar-refractivity contribution in [2.75, 3.05) is 0 Å². The van der Waals surface area contributed by atoms with Gasteiger partial charge in [-0.2, -0.15) is 0 Å². The highest BCUT2D eigenvalue weighted by Crippen LogP contribution is 2.38. The molecule has 1 aliphatic carbocycles. The molecular weight excluding hydrogens is 156 g/mol. The third kappa shape index (κ3) is 1.04. The number of carbonyl (C=O) groups excluding carboxylic acids is 2. The van der Waals surface area contributed by atoms with Gasteiger partial charge < -0.3 is 4.74 Å². The average Bonchev–Trinajstić information content (AvgIpc) is 2.28. The van der Waals surface area contributed by atoms with Crippen molar-refractivity contribution < 1.29 is 14.3 Å². The first-order chi connectivity index (χ1) is 5.68. The first-order valence-corrected chi connectivity index (χ1v) is 4.44. The normalized spacial score (nSPS) is 40.9. The summed E-state index contributed by atoms with van der Waals surface area (Å²) in [4.78, 5) is 22.2. The van der Waals surface area contributed by atoms with Gasteiger partial charge in [-0.1, -0.05) is 6.92 Å². The fourth-order valence-corrected chi connectivity index (χ4v) is 2.17. The number of ether oxygens (including phenoxy) is 1. The monoisotopic (exact) mass is 168 g/mol. The largest absolute Gasteiger partial charge is 0.393 e. The van der Waals surface area contributed by atoms with E-state index in [0.29, 0.717) is 5.92 Å². The van der Waals surface area contributed by atoms with Gasteiger partial charge in [0.05, 0.1) is 11.8 Å². The van der Waals surface area contributed by atoms with E-state index in [1.54, 1.807) is 0 Å². The fraction of sp³-hybridized carbons (Fsp3) is 0.778. The molecule has 2 aliphatic rings. The molecule has 0 radical (unpaired) electrons. The van der Waals surface area contributed by atoms with Crippen molar-refractivity contribution in [1.29, 1.82) is 0 Å². The first kappa shape index (κ1) is 7.77. The number of carbonyl (C=O) groups is 2. The summed E-state index contributed by atoms with van der Waals surface area (Å²) in [6.45, 7) is 2.12. The Morgan fingerprint density at radius 1 is 1.17 bits per heavy atom. The maximum Gasteiger partial charge on any atom is 0.317 e. The van der Waals surface area contributed by atoms with Crippen molar-refractivity contribution in [1.82, 2.24) is 0 Å². The van der Waals surface area contributed by atoms with Crippen LogP contribution in [0.4, 0.5) is 0 Å². The maximum atomic E-state index is 11.1. The van der Waals surface area contributed by atoms with Crippen molar-refractivity contribution in [3.05, 3.63) is 0 Å². The molecule has 0 aromatic heterocycles. The Bertz CT molecular complexity index is 234. The zero-order valence-electron chi connectivity index (χ0n) is 7.08. The molecule has 2 rings (SSSR count). The molecule has 2 fully saturated rings. The summed E-state index contributed by atoms with van der Waals surface area (Å²) in [6, 6.07) is 0. The van der Waals surface area contributed by atoms with E-state index in [1.165, 1.54) is 0 Å². The van der Waals surface area contributed by atoms with Crippen molar-refractivity contribution in [3.8, 4) is 0 Å². The first-order valence-electron chi connectivity index (χ1n) is 4.44. The van der Waals surface area contributed by atoms with E-state index in [-0.39, 0.29) is 23.8 Å². The highest BCUT2D eigenvalue weighted by atomic mass is 16.6. The van der Waals surface area contributed by atoms with Crippen LogP contribution in [0, 0.1) is 17.8 Å². The Labute approximate surface area is 71.1 Å². The predicted octanol–water partition coefficient (Wildman–Crippen LogP) is 1.12. The summed E-state index contributed by atoms with van der Waals surface area (Å²) < 4.78 is 4.58. The second-order valence-electron chi connectivity index (χ2n) is 3.87. The van der Waals surface area contributed by atoms with E-state index in [0.717, 1.165) is 19.3 Å². The summed E-state index contributed by atoms with van der Waals surface area (Å²) in [5, 5.41) is 0. The summed E-state index contributed by atoms with van der Waals surface area (Å²) in [7, 11) is 0. The second-order valence-corrected chi connectivity index (χ2v) is 3.87. The quantitative estimate of drug-likeness (QED) is 0.402. The zero-order chi connectivity index (χ0) is 8.72. The Kier molecular flexibility index (Phi) is 1.67. The summed E-state index contributed by atoms with van der Waals surface area (Å²) >= 11 is 0. The zero-order valence-corrected chi connectivity index (χ0v) is 7.08. The van der Waals surface area contributed by atoms with Gasteiger partial charge in [-0.15, -0.1) is 0 Å². The van der Waals surface area contributed by atoms with Crippen molar-refractivity contribution in [2.45, 2.75) is 26.2 Å². The van der Waals surface area contributed by atoms with Crippen LogP contribution < -0.4 is 0 Å². The number of hydrogen-bond acceptors (Lipinski definition) is 3. The highest BCUT2D eigenvalue weighted by Gasteiger charge is 2.46. The molecule has 3 atom stereocenters. The van der Waals surface area contributed by atoms with Crippen molar-refractivity contribution >= 4 is 11.9 Å². The molecule has 1 saturated carbocycles. The van der Waals surface area contributed by atoms with Gasteiger partial charge in [0.1, 0.15) is 0 Å². The van der Waals surface area contributed by atoms with Gasteiger partial charge in [-0.25, -0.2) is 0 Å². The van der Waals surface area contributed by atoms with E-state index in [4.69, 9.17) is 0 Å². The van der Waals surface area contributed by atoms with Crippen LogP contribution in [0.3, 0.4) is 0 Å². The topological polar surface area (TPSA) is 43.4 Å². The minimum absolute atomic E-state index is 0.117. The molecule has 0 aromatic carbocycles. The van der Waals surface area contributed by atoms with Crippen LogP contribution >= 0.6 is 0 Å². The van der Waals surface area contributed by atoms with Crippen molar-refractivity contribution in [2.24, 2.45) is 17.8 Å². The van der Waals surface area contributed by atoms with Gasteiger partial charge in [0.15, 0.2) is 0 Å². The van der Waals surface area contributed by atoms with Gasteiger partial charge in [-0.05, 0) is 25.2 Å². The number of fused-ring (bicyclic) bond motifs is 1. The summed E-state index contributed by atoms with van der Waals surface area (Å²) in [5.74, 6) is -0.270. The lowest BCUT2D eigenvalue weighted by Gasteiger charge is -2.24. The fourth-order valence-electron chi connectivity index (χ4n) is 2.17. The Morgan fingerprint density at radius 2 is 1.83 bits per heavy atom. The lowest BCUT2D eigenvalue weighted by molar-refractivity contribution is -0.153. The number of hydrogen-bond donors (Lipinski definition) is 0. The predicted molar refractivity (Wildman–Crippen MR) is 41.1 cm³/mol. The van der Waals surface area contributed by atoms with Crippen LogP contribution in [0.5, 0.6) is 0 Å². The number of esters is 2. The molecule has 3 nitrogen and oxygen atoms in total. The molecule has 0 amide bonds. The van der Waals surface area contributed by atoms with Crippen LogP contribution in [0.1, 0.15) is 26.2 Å².